The molecule has 3 aromatic rings. The van der Waals surface area contributed by atoms with E-state index in [-0.39, 0.29) is 17.4 Å². The summed E-state index contributed by atoms with van der Waals surface area (Å²) in [5.41, 5.74) is 0.482. The van der Waals surface area contributed by atoms with Crippen LogP contribution in [0.25, 0.3) is 17.2 Å². The highest BCUT2D eigenvalue weighted by Gasteiger charge is 2.22. The van der Waals surface area contributed by atoms with Gasteiger partial charge in [0, 0.05) is 19.2 Å². The molecule has 0 aliphatic heterocycles. The Morgan fingerprint density at radius 3 is 2.35 bits per heavy atom. The van der Waals surface area contributed by atoms with Gasteiger partial charge < -0.3 is 14.4 Å². The van der Waals surface area contributed by atoms with Gasteiger partial charge in [0.05, 0.1) is 25.2 Å². The Labute approximate surface area is 197 Å². The zero-order valence-corrected chi connectivity index (χ0v) is 20.1. The van der Waals surface area contributed by atoms with Gasteiger partial charge in [-0.05, 0) is 46.8 Å². The van der Waals surface area contributed by atoms with Crippen LogP contribution < -0.4 is 10.1 Å². The van der Waals surface area contributed by atoms with Gasteiger partial charge in [-0.3, -0.25) is 10.1 Å². The summed E-state index contributed by atoms with van der Waals surface area (Å²) in [7, 11) is 1.49. The van der Waals surface area contributed by atoms with Gasteiger partial charge in [-0.1, -0.05) is 0 Å². The molecule has 0 radical (unpaired) electrons. The first-order valence-corrected chi connectivity index (χ1v) is 10.7. The standard InChI is InChI=1S/C22H28N8O4/c1-7-29(8-2)20(31)14-11-16(30(28-14)18-9-10-19(33-6)27-26-18)15-12-24-17(13-23-15)25-21(32)34-22(3,4)5/h9-13H,7-8H2,1-6H3,(H,24,25,32). The van der Waals surface area contributed by atoms with Gasteiger partial charge in [0.2, 0.25) is 5.88 Å². The predicted octanol–water partition coefficient (Wildman–Crippen LogP) is 2.96. The van der Waals surface area contributed by atoms with Crippen molar-refractivity contribution in [3.05, 3.63) is 36.3 Å². The van der Waals surface area contributed by atoms with Crippen LogP contribution in [0, 0.1) is 0 Å². The summed E-state index contributed by atoms with van der Waals surface area (Å²) in [6.07, 6.45) is 2.21. The van der Waals surface area contributed by atoms with Crippen molar-refractivity contribution in [3.63, 3.8) is 0 Å². The van der Waals surface area contributed by atoms with Gasteiger partial charge in [0.1, 0.15) is 11.3 Å². The van der Waals surface area contributed by atoms with Crippen LogP contribution in [-0.4, -0.2) is 72.6 Å². The molecule has 12 nitrogen and oxygen atoms in total. The van der Waals surface area contributed by atoms with Crippen molar-refractivity contribution >= 4 is 17.8 Å². The Hall–Kier alpha value is -4.09. The third-order valence-electron chi connectivity index (χ3n) is 4.57. The summed E-state index contributed by atoms with van der Waals surface area (Å²) in [6, 6.07) is 4.93. The number of methoxy groups -OCH3 is 1. The number of hydrogen-bond acceptors (Lipinski definition) is 9. The predicted molar refractivity (Wildman–Crippen MR) is 124 cm³/mol. The Morgan fingerprint density at radius 2 is 1.82 bits per heavy atom. The lowest BCUT2D eigenvalue weighted by atomic mass is 10.2. The van der Waals surface area contributed by atoms with Crippen LogP contribution in [-0.2, 0) is 4.74 Å². The van der Waals surface area contributed by atoms with E-state index in [0.29, 0.717) is 36.2 Å². The molecule has 0 saturated carbocycles. The van der Waals surface area contributed by atoms with Crippen molar-refractivity contribution in [2.45, 2.75) is 40.2 Å². The van der Waals surface area contributed by atoms with Crippen molar-refractivity contribution in [1.29, 1.82) is 0 Å². The number of ether oxygens (including phenoxy) is 2. The fraction of sp³-hybridized carbons (Fsp3) is 0.409. The van der Waals surface area contributed by atoms with E-state index < -0.39 is 11.7 Å². The topological polar surface area (TPSA) is 137 Å². The monoisotopic (exact) mass is 468 g/mol. The number of hydrogen-bond donors (Lipinski definition) is 1. The average Bonchev–Trinajstić information content (AvgIpc) is 3.24. The molecule has 0 saturated heterocycles. The zero-order chi connectivity index (χ0) is 24.9. The van der Waals surface area contributed by atoms with Crippen molar-refractivity contribution in [3.8, 4) is 23.1 Å². The maximum atomic E-state index is 12.9. The average molecular weight is 469 g/mol. The fourth-order valence-corrected chi connectivity index (χ4v) is 2.98. The lowest BCUT2D eigenvalue weighted by Gasteiger charge is -2.19. The minimum absolute atomic E-state index is 0.216. The van der Waals surface area contributed by atoms with E-state index in [0.717, 1.165) is 0 Å². The molecule has 3 rings (SSSR count). The van der Waals surface area contributed by atoms with E-state index in [1.54, 1.807) is 43.9 Å². The van der Waals surface area contributed by atoms with E-state index in [1.807, 2.05) is 13.8 Å². The van der Waals surface area contributed by atoms with Crippen LogP contribution in [0.5, 0.6) is 5.88 Å². The number of nitrogens with zero attached hydrogens (tertiary/aromatic N) is 7. The highest BCUT2D eigenvalue weighted by atomic mass is 16.6. The summed E-state index contributed by atoms with van der Waals surface area (Å²) in [5.74, 6) is 0.705. The molecule has 0 aliphatic rings. The molecular weight excluding hydrogens is 440 g/mol. The van der Waals surface area contributed by atoms with Crippen molar-refractivity contribution in [2.24, 2.45) is 0 Å². The quantitative estimate of drug-likeness (QED) is 0.554. The lowest BCUT2D eigenvalue weighted by Crippen LogP contribution is -2.30. The first kappa shape index (κ1) is 24.6. The Morgan fingerprint density at radius 1 is 1.09 bits per heavy atom. The molecule has 0 aliphatic carbocycles. The largest absolute Gasteiger partial charge is 0.480 e. The maximum absolute atomic E-state index is 12.9. The normalized spacial score (nSPS) is 11.1. The van der Waals surface area contributed by atoms with E-state index >= 15 is 0 Å². The fourth-order valence-electron chi connectivity index (χ4n) is 2.98. The second kappa shape index (κ2) is 10.2. The third kappa shape index (κ3) is 5.82. The molecule has 1 N–H and O–H groups in total. The lowest BCUT2D eigenvalue weighted by molar-refractivity contribution is 0.0634. The van der Waals surface area contributed by atoms with Crippen LogP contribution in [0.3, 0.4) is 0 Å². The van der Waals surface area contributed by atoms with Crippen molar-refractivity contribution < 1.29 is 19.1 Å². The number of nitrogens with one attached hydrogen (secondary N) is 1. The van der Waals surface area contributed by atoms with E-state index in [1.165, 1.54) is 24.2 Å². The second-order valence-electron chi connectivity index (χ2n) is 8.15. The molecule has 12 heteroatoms. The molecule has 0 aromatic carbocycles. The molecular formula is C22H28N8O4. The van der Waals surface area contributed by atoms with Gasteiger partial charge in [-0.15, -0.1) is 10.2 Å². The summed E-state index contributed by atoms with van der Waals surface area (Å²) >= 11 is 0. The molecule has 3 aromatic heterocycles. The molecule has 3 heterocycles. The SMILES string of the molecule is CCN(CC)C(=O)c1cc(-c2cnc(NC(=O)OC(C)(C)C)cn2)n(-c2ccc(OC)nn2)n1. The molecule has 0 fully saturated rings. The van der Waals surface area contributed by atoms with Crippen LogP contribution in [0.1, 0.15) is 45.1 Å². The Balaban J connectivity index is 1.96. The first-order valence-electron chi connectivity index (χ1n) is 10.7. The minimum Gasteiger partial charge on any atom is -0.480 e. The molecule has 0 unspecified atom stereocenters. The van der Waals surface area contributed by atoms with Crippen molar-refractivity contribution in [2.75, 3.05) is 25.5 Å². The maximum Gasteiger partial charge on any atom is 0.413 e. The number of carbonyl (C=O) groups excluding carboxylic acids is 2. The summed E-state index contributed by atoms with van der Waals surface area (Å²) in [6.45, 7) is 10.2. The van der Waals surface area contributed by atoms with Crippen LogP contribution in [0.15, 0.2) is 30.6 Å². The zero-order valence-electron chi connectivity index (χ0n) is 20.1. The number of aromatic nitrogens is 6. The van der Waals surface area contributed by atoms with Crippen molar-refractivity contribution in [1.82, 2.24) is 34.8 Å². The second-order valence-corrected chi connectivity index (χ2v) is 8.15. The molecule has 180 valence electrons. The van der Waals surface area contributed by atoms with E-state index in [4.69, 9.17) is 9.47 Å². The number of amides is 2. The third-order valence-corrected chi connectivity index (χ3v) is 4.57. The summed E-state index contributed by atoms with van der Waals surface area (Å²) < 4.78 is 11.8. The minimum atomic E-state index is -0.642. The Kier molecular flexibility index (Phi) is 7.39. The molecule has 0 spiro atoms. The van der Waals surface area contributed by atoms with Crippen LogP contribution in [0.4, 0.5) is 10.6 Å². The highest BCUT2D eigenvalue weighted by Crippen LogP contribution is 2.23. The Bertz CT molecular complexity index is 1130. The smallest absolute Gasteiger partial charge is 0.413 e. The van der Waals surface area contributed by atoms with E-state index in [2.05, 4.69) is 30.6 Å². The van der Waals surface area contributed by atoms with E-state index in [9.17, 15) is 9.59 Å². The van der Waals surface area contributed by atoms with Gasteiger partial charge in [-0.2, -0.15) is 5.10 Å². The number of carbonyl (C=O) groups is 2. The number of rotatable bonds is 7. The molecule has 0 atom stereocenters. The van der Waals surface area contributed by atoms with Gasteiger partial charge >= 0.3 is 6.09 Å². The summed E-state index contributed by atoms with van der Waals surface area (Å²) in [4.78, 5) is 35.2. The number of anilines is 1. The molecule has 0 bridgehead atoms. The first-order chi connectivity index (χ1) is 16.1. The van der Waals surface area contributed by atoms with Gasteiger partial charge in [-0.25, -0.2) is 19.4 Å². The highest BCUT2D eigenvalue weighted by molar-refractivity contribution is 5.93. The molecule has 34 heavy (non-hydrogen) atoms. The van der Waals surface area contributed by atoms with Crippen LogP contribution in [0.2, 0.25) is 0 Å². The van der Waals surface area contributed by atoms with Crippen LogP contribution >= 0.6 is 0 Å². The van der Waals surface area contributed by atoms with Gasteiger partial charge in [0.25, 0.3) is 5.91 Å². The van der Waals surface area contributed by atoms with Gasteiger partial charge in [0.15, 0.2) is 17.3 Å². The summed E-state index contributed by atoms with van der Waals surface area (Å²) in [5, 5.41) is 15.1. The molecule has 2 amide bonds.